The lowest BCUT2D eigenvalue weighted by atomic mass is 9.99. The Bertz CT molecular complexity index is 1920. The molecule has 0 fully saturated rings. The first-order chi connectivity index (χ1) is 47.8. The Morgan fingerprint density at radius 1 is 0.293 bits per heavy atom. The highest BCUT2D eigenvalue weighted by molar-refractivity contribution is 7.47. The first-order valence-electron chi connectivity index (χ1n) is 41.4. The smallest absolute Gasteiger partial charge is 0.462 e. The van der Waals surface area contributed by atoms with Crippen molar-refractivity contribution in [1.82, 2.24) is 0 Å². The highest BCUT2D eigenvalue weighted by Crippen LogP contribution is 2.45. The second-order valence-electron chi connectivity index (χ2n) is 30.0. The van der Waals surface area contributed by atoms with E-state index in [-0.39, 0.29) is 25.7 Å². The van der Waals surface area contributed by atoms with Crippen LogP contribution in [0.1, 0.15) is 414 Å². The second kappa shape index (κ2) is 70.4. The normalized spacial score (nSPS) is 14.3. The molecule has 0 bridgehead atoms. The van der Waals surface area contributed by atoms with Crippen LogP contribution in [0.2, 0.25) is 0 Å². The number of carbonyl (C=O) groups is 4. The van der Waals surface area contributed by atoms with Crippen molar-refractivity contribution in [1.29, 1.82) is 0 Å². The number of hydrogen-bond donors (Lipinski definition) is 3. The molecule has 0 aliphatic rings. The maximum Gasteiger partial charge on any atom is 0.472 e. The molecule has 0 aliphatic heterocycles. The summed E-state index contributed by atoms with van der Waals surface area (Å²) in [6.45, 7) is 11.9. The van der Waals surface area contributed by atoms with Crippen LogP contribution in [0.3, 0.4) is 0 Å². The number of unbranched alkanes of at least 4 members (excludes halogenated alkanes) is 45. The number of phosphoric ester groups is 2. The van der Waals surface area contributed by atoms with Gasteiger partial charge in [-0.15, -0.1) is 0 Å². The first-order valence-corrected chi connectivity index (χ1v) is 44.4. The average molecular weight is 1450 g/mol. The molecule has 0 aromatic rings. The van der Waals surface area contributed by atoms with E-state index < -0.39 is 97.5 Å². The van der Waals surface area contributed by atoms with Gasteiger partial charge in [0.1, 0.15) is 19.3 Å². The number of ether oxygens (including phenoxy) is 4. The number of phosphoric acid groups is 2. The van der Waals surface area contributed by atoms with Gasteiger partial charge in [0, 0.05) is 25.7 Å². The maximum atomic E-state index is 13.1. The molecule has 3 N–H and O–H groups in total. The van der Waals surface area contributed by atoms with Crippen LogP contribution in [0.4, 0.5) is 0 Å². The van der Waals surface area contributed by atoms with Crippen LogP contribution in [0.15, 0.2) is 0 Å². The minimum absolute atomic E-state index is 0.104. The summed E-state index contributed by atoms with van der Waals surface area (Å²) in [5, 5.41) is 10.6. The van der Waals surface area contributed by atoms with E-state index in [9.17, 15) is 43.2 Å². The molecular formula is C80H156O17P2. The molecule has 0 aromatic carbocycles. The molecule has 0 saturated heterocycles. The molecule has 588 valence electrons. The second-order valence-corrected chi connectivity index (χ2v) is 32.9. The minimum atomic E-state index is -4.96. The van der Waals surface area contributed by atoms with Gasteiger partial charge in [0.15, 0.2) is 12.2 Å². The van der Waals surface area contributed by atoms with Crippen molar-refractivity contribution in [3.8, 4) is 0 Å². The highest BCUT2D eigenvalue weighted by atomic mass is 31.2. The predicted octanol–water partition coefficient (Wildman–Crippen LogP) is 23.7. The summed E-state index contributed by atoms with van der Waals surface area (Å²) in [4.78, 5) is 72.8. The van der Waals surface area contributed by atoms with Gasteiger partial charge in [-0.1, -0.05) is 363 Å². The SMILES string of the molecule is CCCCCCCCCC(=O)OC[C@H](COP(=O)(O)OC[C@H](O)COP(=O)(O)OC[C@@H](COC(=O)CCCCCCCCCCCCCCCCCCC(C)C)OC(=O)CCCCCCCCCCCCCCCCCCCCC(C)CC)OC(=O)CCCCCCCCCCC(C)C. The number of aliphatic hydroxyl groups is 1. The highest BCUT2D eigenvalue weighted by Gasteiger charge is 2.30. The lowest BCUT2D eigenvalue weighted by Gasteiger charge is -2.21. The monoisotopic (exact) mass is 1450 g/mol. The van der Waals surface area contributed by atoms with Crippen molar-refractivity contribution in [2.75, 3.05) is 39.6 Å². The lowest BCUT2D eigenvalue weighted by molar-refractivity contribution is -0.161. The number of aliphatic hydroxyl groups excluding tert-OH is 1. The molecule has 17 nitrogen and oxygen atoms in total. The molecule has 6 atom stereocenters. The van der Waals surface area contributed by atoms with Crippen LogP contribution in [0, 0.1) is 17.8 Å². The molecule has 0 rings (SSSR count). The largest absolute Gasteiger partial charge is 0.472 e. The zero-order valence-corrected chi connectivity index (χ0v) is 66.8. The van der Waals surface area contributed by atoms with E-state index in [4.69, 9.17) is 37.0 Å². The van der Waals surface area contributed by atoms with E-state index in [0.29, 0.717) is 25.7 Å². The van der Waals surface area contributed by atoms with Gasteiger partial charge in [0.05, 0.1) is 26.4 Å². The first kappa shape index (κ1) is 97.1. The third kappa shape index (κ3) is 72.8. The van der Waals surface area contributed by atoms with Gasteiger partial charge in [-0.2, -0.15) is 0 Å². The topological polar surface area (TPSA) is 237 Å². The van der Waals surface area contributed by atoms with Gasteiger partial charge in [-0.25, -0.2) is 9.13 Å². The Morgan fingerprint density at radius 2 is 0.515 bits per heavy atom. The van der Waals surface area contributed by atoms with E-state index in [1.54, 1.807) is 0 Å². The van der Waals surface area contributed by atoms with Crippen LogP contribution in [-0.4, -0.2) is 96.7 Å². The van der Waals surface area contributed by atoms with Crippen molar-refractivity contribution in [2.24, 2.45) is 17.8 Å². The summed E-state index contributed by atoms with van der Waals surface area (Å²) in [5.74, 6) is 0.282. The fraction of sp³-hybridized carbons (Fsp3) is 0.950. The van der Waals surface area contributed by atoms with E-state index in [2.05, 4.69) is 48.5 Å². The van der Waals surface area contributed by atoms with Gasteiger partial charge in [0.25, 0.3) is 0 Å². The lowest BCUT2D eigenvalue weighted by Crippen LogP contribution is -2.30. The number of esters is 4. The summed E-state index contributed by atoms with van der Waals surface area (Å²) >= 11 is 0. The molecule has 19 heteroatoms. The Kier molecular flexibility index (Phi) is 69.0. The van der Waals surface area contributed by atoms with Crippen molar-refractivity contribution in [3.63, 3.8) is 0 Å². The van der Waals surface area contributed by atoms with Gasteiger partial charge >= 0.3 is 39.5 Å². The summed E-state index contributed by atoms with van der Waals surface area (Å²) in [7, 11) is -9.91. The molecular weight excluding hydrogens is 1290 g/mol. The summed E-state index contributed by atoms with van der Waals surface area (Å²) in [6, 6.07) is 0. The molecule has 3 unspecified atom stereocenters. The standard InChI is InChI=1S/C80H156O17P2/c1-8-10-11-12-37-47-54-61-77(82)90-67-75(97-80(85)64-57-50-43-36-35-39-45-52-59-72(5)6)69-94-98(86,87)92-65-74(81)66-93-99(88,89)95-70-76(68-91-78(83)62-55-48-41-33-29-25-21-18-17-19-23-27-31-38-44-51-58-71(3)4)96-79(84)63-56-49-42-34-30-26-22-16-14-13-15-20-24-28-32-40-46-53-60-73(7)9-2/h71-76,81H,8-70H2,1-7H3,(H,86,87)(H,88,89)/t73?,74-,75+,76+/m0/s1. The van der Waals surface area contributed by atoms with E-state index in [1.165, 1.54) is 212 Å². The van der Waals surface area contributed by atoms with Crippen molar-refractivity contribution >= 4 is 39.5 Å². The molecule has 0 aromatic heterocycles. The molecule has 0 saturated carbocycles. The van der Waals surface area contributed by atoms with Crippen LogP contribution in [0.25, 0.3) is 0 Å². The van der Waals surface area contributed by atoms with E-state index in [0.717, 1.165) is 120 Å². The van der Waals surface area contributed by atoms with Crippen molar-refractivity contribution in [3.05, 3.63) is 0 Å². The Morgan fingerprint density at radius 3 is 0.768 bits per heavy atom. The van der Waals surface area contributed by atoms with Gasteiger partial charge in [-0.05, 0) is 43.4 Å². The summed E-state index contributed by atoms with van der Waals surface area (Å²) in [6.07, 6.45) is 58.6. The predicted molar refractivity (Wildman–Crippen MR) is 405 cm³/mol. The molecule has 99 heavy (non-hydrogen) atoms. The van der Waals surface area contributed by atoms with Crippen LogP contribution in [-0.2, 0) is 65.4 Å². The zero-order chi connectivity index (χ0) is 73.0. The van der Waals surface area contributed by atoms with Gasteiger partial charge in [-0.3, -0.25) is 37.3 Å². The van der Waals surface area contributed by atoms with Crippen LogP contribution < -0.4 is 0 Å². The quantitative estimate of drug-likeness (QED) is 0.0222. The third-order valence-electron chi connectivity index (χ3n) is 19.0. The Labute approximate surface area is 607 Å². The fourth-order valence-electron chi connectivity index (χ4n) is 12.3. The molecule has 0 amide bonds. The van der Waals surface area contributed by atoms with Crippen LogP contribution >= 0.6 is 15.6 Å². The Balaban J connectivity index is 5.15. The van der Waals surface area contributed by atoms with Crippen LogP contribution in [0.5, 0.6) is 0 Å². The fourth-order valence-corrected chi connectivity index (χ4v) is 13.9. The van der Waals surface area contributed by atoms with Crippen molar-refractivity contribution in [2.45, 2.75) is 433 Å². The molecule has 0 aliphatic carbocycles. The number of hydrogen-bond acceptors (Lipinski definition) is 15. The summed E-state index contributed by atoms with van der Waals surface area (Å²) in [5.41, 5.74) is 0. The third-order valence-corrected chi connectivity index (χ3v) is 20.9. The van der Waals surface area contributed by atoms with Gasteiger partial charge in [0.2, 0.25) is 0 Å². The van der Waals surface area contributed by atoms with Gasteiger partial charge < -0.3 is 33.8 Å². The van der Waals surface area contributed by atoms with E-state index >= 15 is 0 Å². The average Bonchev–Trinajstić information content (AvgIpc) is 0.977. The van der Waals surface area contributed by atoms with E-state index in [1.807, 2.05) is 0 Å². The number of rotatable bonds is 78. The zero-order valence-electron chi connectivity index (χ0n) is 65.0. The summed E-state index contributed by atoms with van der Waals surface area (Å²) < 4.78 is 68.5. The Hall–Kier alpha value is -1.94. The molecule has 0 heterocycles. The number of carbonyl (C=O) groups excluding carboxylic acids is 4. The minimum Gasteiger partial charge on any atom is -0.462 e. The maximum absolute atomic E-state index is 13.1. The molecule has 0 radical (unpaired) electrons. The molecule has 0 spiro atoms. The van der Waals surface area contributed by atoms with Crippen molar-refractivity contribution < 1.29 is 80.2 Å².